The van der Waals surface area contributed by atoms with Crippen molar-refractivity contribution in [3.8, 4) is 0 Å². The van der Waals surface area contributed by atoms with Gasteiger partial charge < -0.3 is 15.1 Å². The highest BCUT2D eigenvalue weighted by Gasteiger charge is 2.32. The van der Waals surface area contributed by atoms with Gasteiger partial charge in [0.2, 0.25) is 0 Å². The van der Waals surface area contributed by atoms with Crippen molar-refractivity contribution in [3.63, 3.8) is 0 Å². The smallest absolute Gasteiger partial charge is 0.276 e. The molecule has 1 aromatic carbocycles. The summed E-state index contributed by atoms with van der Waals surface area (Å²) in [4.78, 5) is 17.2. The Bertz CT molecular complexity index is 795. The Hall–Kier alpha value is -2.41. The molecule has 0 aliphatic carbocycles. The summed E-state index contributed by atoms with van der Waals surface area (Å²) in [5.74, 6) is -0.00654. The molecule has 1 aromatic heterocycles. The zero-order valence-corrected chi connectivity index (χ0v) is 16.1. The lowest BCUT2D eigenvalue weighted by Gasteiger charge is -2.25. The number of piperidine rings is 1. The van der Waals surface area contributed by atoms with E-state index in [9.17, 15) is 4.79 Å². The van der Waals surface area contributed by atoms with Crippen molar-refractivity contribution < 1.29 is 4.79 Å². The molecule has 2 fully saturated rings. The molecule has 4 rings (SSSR count). The molecule has 0 saturated carbocycles. The maximum Gasteiger partial charge on any atom is 0.276 e. The molecule has 3 heterocycles. The van der Waals surface area contributed by atoms with Crippen LogP contribution in [0.2, 0.25) is 0 Å². The van der Waals surface area contributed by atoms with Crippen molar-refractivity contribution in [2.24, 2.45) is 0 Å². The number of carbonyl (C=O) groups is 1. The largest absolute Gasteiger partial charge is 0.378 e. The van der Waals surface area contributed by atoms with Crippen LogP contribution in [-0.2, 0) is 0 Å². The summed E-state index contributed by atoms with van der Waals surface area (Å²) in [7, 11) is 4.07. The van der Waals surface area contributed by atoms with Gasteiger partial charge in [0.25, 0.3) is 5.91 Å². The SMILES string of the molecule is CN(C)c1cccc(C2CCCN2C(=O)c2cn(C3CCNCC3)nn2)c1. The first-order valence-corrected chi connectivity index (χ1v) is 9.84. The zero-order chi connectivity index (χ0) is 18.8. The predicted octanol–water partition coefficient (Wildman–Crippen LogP) is 2.25. The molecule has 2 aromatic rings. The van der Waals surface area contributed by atoms with E-state index in [-0.39, 0.29) is 11.9 Å². The molecule has 1 amide bonds. The Morgan fingerprint density at radius 2 is 2.04 bits per heavy atom. The molecule has 1 atom stereocenters. The third kappa shape index (κ3) is 3.69. The van der Waals surface area contributed by atoms with E-state index >= 15 is 0 Å². The van der Waals surface area contributed by atoms with Gasteiger partial charge in [-0.1, -0.05) is 17.3 Å². The first-order valence-electron chi connectivity index (χ1n) is 9.84. The summed E-state index contributed by atoms with van der Waals surface area (Å²) in [5, 5.41) is 11.8. The summed E-state index contributed by atoms with van der Waals surface area (Å²) in [6.45, 7) is 2.75. The Balaban J connectivity index is 1.52. The van der Waals surface area contributed by atoms with Gasteiger partial charge in [-0.05, 0) is 56.5 Å². The van der Waals surface area contributed by atoms with Gasteiger partial charge in [0.1, 0.15) is 0 Å². The normalized spacial score (nSPS) is 20.8. The van der Waals surface area contributed by atoms with E-state index in [1.54, 1.807) is 0 Å². The molecule has 7 heteroatoms. The first-order chi connectivity index (χ1) is 13.1. The minimum Gasteiger partial charge on any atom is -0.378 e. The maximum absolute atomic E-state index is 13.1. The van der Waals surface area contributed by atoms with Crippen LogP contribution in [0.4, 0.5) is 5.69 Å². The molecule has 27 heavy (non-hydrogen) atoms. The maximum atomic E-state index is 13.1. The van der Waals surface area contributed by atoms with Gasteiger partial charge >= 0.3 is 0 Å². The second kappa shape index (κ2) is 7.68. The van der Waals surface area contributed by atoms with Crippen LogP contribution in [0.3, 0.4) is 0 Å². The molecule has 0 bridgehead atoms. The third-order valence-electron chi connectivity index (χ3n) is 5.70. The number of anilines is 1. The number of hydrogen-bond acceptors (Lipinski definition) is 5. The Morgan fingerprint density at radius 3 is 2.81 bits per heavy atom. The van der Waals surface area contributed by atoms with Crippen LogP contribution in [0.15, 0.2) is 30.5 Å². The topological polar surface area (TPSA) is 66.3 Å². The van der Waals surface area contributed by atoms with Gasteiger partial charge in [0.05, 0.1) is 18.3 Å². The van der Waals surface area contributed by atoms with Crippen LogP contribution in [-0.4, -0.2) is 59.5 Å². The van der Waals surface area contributed by atoms with Crippen molar-refractivity contribution in [1.82, 2.24) is 25.2 Å². The fraction of sp³-hybridized carbons (Fsp3) is 0.550. The van der Waals surface area contributed by atoms with E-state index in [1.165, 1.54) is 5.56 Å². The number of likely N-dealkylation sites (tertiary alicyclic amines) is 1. The molecule has 2 aliphatic rings. The fourth-order valence-electron chi connectivity index (χ4n) is 4.14. The summed E-state index contributed by atoms with van der Waals surface area (Å²) in [5.41, 5.74) is 2.81. The monoisotopic (exact) mass is 368 g/mol. The van der Waals surface area contributed by atoms with Crippen LogP contribution in [0, 0.1) is 0 Å². The van der Waals surface area contributed by atoms with Crippen LogP contribution in [0.5, 0.6) is 0 Å². The van der Waals surface area contributed by atoms with E-state index in [2.05, 4.69) is 44.8 Å². The van der Waals surface area contributed by atoms with Crippen LogP contribution >= 0.6 is 0 Å². The average molecular weight is 368 g/mol. The van der Waals surface area contributed by atoms with E-state index in [4.69, 9.17) is 0 Å². The number of nitrogens with zero attached hydrogens (tertiary/aromatic N) is 5. The minimum atomic E-state index is -0.00654. The molecule has 7 nitrogen and oxygen atoms in total. The molecule has 2 aliphatic heterocycles. The highest BCUT2D eigenvalue weighted by Crippen LogP contribution is 2.34. The second-order valence-corrected chi connectivity index (χ2v) is 7.71. The zero-order valence-electron chi connectivity index (χ0n) is 16.1. The molecule has 2 saturated heterocycles. The van der Waals surface area contributed by atoms with Gasteiger partial charge in [0.15, 0.2) is 5.69 Å². The molecule has 1 N–H and O–H groups in total. The van der Waals surface area contributed by atoms with Crippen LogP contribution < -0.4 is 10.2 Å². The highest BCUT2D eigenvalue weighted by atomic mass is 16.2. The molecule has 144 valence electrons. The number of rotatable bonds is 4. The number of aromatic nitrogens is 3. The van der Waals surface area contributed by atoms with Gasteiger partial charge in [0, 0.05) is 26.3 Å². The molecule has 1 unspecified atom stereocenters. The van der Waals surface area contributed by atoms with Gasteiger partial charge in [-0.15, -0.1) is 5.10 Å². The number of amides is 1. The van der Waals surface area contributed by atoms with Gasteiger partial charge in [-0.2, -0.15) is 0 Å². The third-order valence-corrected chi connectivity index (χ3v) is 5.70. The summed E-state index contributed by atoms with van der Waals surface area (Å²) < 4.78 is 1.88. The summed E-state index contributed by atoms with van der Waals surface area (Å²) in [6.07, 6.45) is 5.90. The first kappa shape index (κ1) is 18.0. The average Bonchev–Trinajstić information content (AvgIpc) is 3.38. The lowest BCUT2D eigenvalue weighted by molar-refractivity contribution is 0.0729. The van der Waals surface area contributed by atoms with E-state index < -0.39 is 0 Å². The van der Waals surface area contributed by atoms with Crippen molar-refractivity contribution in [1.29, 1.82) is 0 Å². The van der Waals surface area contributed by atoms with Crippen LogP contribution in [0.1, 0.15) is 53.8 Å². The lowest BCUT2D eigenvalue weighted by Crippen LogP contribution is -2.31. The van der Waals surface area contributed by atoms with E-state index in [1.807, 2.05) is 29.9 Å². The van der Waals surface area contributed by atoms with E-state index in [0.29, 0.717) is 11.7 Å². The molecule has 0 spiro atoms. The Morgan fingerprint density at radius 1 is 1.22 bits per heavy atom. The molecular weight excluding hydrogens is 340 g/mol. The van der Waals surface area contributed by atoms with Crippen LogP contribution in [0.25, 0.3) is 0 Å². The minimum absolute atomic E-state index is 0.00654. The summed E-state index contributed by atoms with van der Waals surface area (Å²) >= 11 is 0. The van der Waals surface area contributed by atoms with Crippen molar-refractivity contribution in [2.75, 3.05) is 38.6 Å². The molecular formula is C20H28N6O. The summed E-state index contributed by atoms with van der Waals surface area (Å²) in [6, 6.07) is 8.92. The van der Waals surface area contributed by atoms with Crippen molar-refractivity contribution in [2.45, 2.75) is 37.8 Å². The Kier molecular flexibility index (Phi) is 5.11. The number of benzene rings is 1. The Labute approximate surface area is 160 Å². The predicted molar refractivity (Wildman–Crippen MR) is 105 cm³/mol. The lowest BCUT2D eigenvalue weighted by atomic mass is 10.0. The standard InChI is InChI=1S/C20H28N6O/c1-24(2)17-6-3-5-15(13-17)19-7-4-12-25(19)20(27)18-14-26(23-22-18)16-8-10-21-11-9-16/h3,5-6,13-14,16,19,21H,4,7-12H2,1-2H3. The van der Waals surface area contributed by atoms with E-state index in [0.717, 1.165) is 51.0 Å². The van der Waals surface area contributed by atoms with Gasteiger partial charge in [-0.25, -0.2) is 4.68 Å². The quantitative estimate of drug-likeness (QED) is 0.897. The number of carbonyl (C=O) groups excluding carboxylic acids is 1. The van der Waals surface area contributed by atoms with Crippen molar-refractivity contribution >= 4 is 11.6 Å². The second-order valence-electron chi connectivity index (χ2n) is 7.71. The number of hydrogen-bond donors (Lipinski definition) is 1. The fourth-order valence-corrected chi connectivity index (χ4v) is 4.14. The highest BCUT2D eigenvalue weighted by molar-refractivity contribution is 5.92. The molecule has 0 radical (unpaired) electrons. The number of nitrogens with one attached hydrogen (secondary N) is 1. The van der Waals surface area contributed by atoms with Gasteiger partial charge in [-0.3, -0.25) is 4.79 Å². The van der Waals surface area contributed by atoms with Crippen molar-refractivity contribution in [3.05, 3.63) is 41.7 Å².